The van der Waals surface area contributed by atoms with Crippen LogP contribution in [0.5, 0.6) is 5.75 Å². The third-order valence-corrected chi connectivity index (χ3v) is 5.13. The Kier molecular flexibility index (Phi) is 5.29. The van der Waals surface area contributed by atoms with Gasteiger partial charge in [-0.25, -0.2) is 13.6 Å². The number of carbonyl (C=O) groups excluding carboxylic acids is 2. The summed E-state index contributed by atoms with van der Waals surface area (Å²) in [4.78, 5) is 25.6. The van der Waals surface area contributed by atoms with Crippen LogP contribution in [0.3, 0.4) is 0 Å². The van der Waals surface area contributed by atoms with Gasteiger partial charge in [-0.2, -0.15) is 0 Å². The van der Waals surface area contributed by atoms with E-state index in [-0.39, 0.29) is 24.7 Å². The van der Waals surface area contributed by atoms with Gasteiger partial charge in [-0.15, -0.1) is 0 Å². The van der Waals surface area contributed by atoms with Crippen LogP contribution in [0.1, 0.15) is 27.0 Å². The van der Waals surface area contributed by atoms with E-state index in [0.717, 1.165) is 11.1 Å². The van der Waals surface area contributed by atoms with Crippen LogP contribution in [0, 0.1) is 18.6 Å². The molecule has 0 aromatic heterocycles. The zero-order valence-corrected chi connectivity index (χ0v) is 16.6. The molecule has 1 aliphatic heterocycles. The Morgan fingerprint density at radius 2 is 1.87 bits per heavy atom. The number of anilines is 2. The van der Waals surface area contributed by atoms with Crippen molar-refractivity contribution >= 4 is 23.3 Å². The van der Waals surface area contributed by atoms with Crippen molar-refractivity contribution in [1.82, 2.24) is 0 Å². The van der Waals surface area contributed by atoms with Crippen LogP contribution in [0.25, 0.3) is 0 Å². The molecule has 0 atom stereocenters. The summed E-state index contributed by atoms with van der Waals surface area (Å²) >= 11 is 0. The Balaban J connectivity index is 1.58. The van der Waals surface area contributed by atoms with E-state index in [1.165, 1.54) is 23.1 Å². The molecule has 0 bridgehead atoms. The molecule has 3 N–H and O–H groups in total. The summed E-state index contributed by atoms with van der Waals surface area (Å²) in [6.45, 7) is 1.83. The summed E-state index contributed by atoms with van der Waals surface area (Å²) in [5.41, 5.74) is 8.18. The molecule has 0 spiro atoms. The molecule has 0 saturated heterocycles. The first-order valence-electron chi connectivity index (χ1n) is 9.51. The predicted molar refractivity (Wildman–Crippen MR) is 112 cm³/mol. The lowest BCUT2D eigenvalue weighted by Gasteiger charge is -2.31. The lowest BCUT2D eigenvalue weighted by atomic mass is 10.0. The number of benzene rings is 3. The van der Waals surface area contributed by atoms with Crippen molar-refractivity contribution in [3.05, 3.63) is 88.5 Å². The van der Waals surface area contributed by atoms with E-state index in [4.69, 9.17) is 10.5 Å². The van der Waals surface area contributed by atoms with Gasteiger partial charge in [0.25, 0.3) is 0 Å². The molecule has 8 heteroatoms. The largest absolute Gasteiger partial charge is 0.489 e. The third-order valence-electron chi connectivity index (χ3n) is 5.13. The van der Waals surface area contributed by atoms with Crippen LogP contribution < -0.4 is 20.7 Å². The van der Waals surface area contributed by atoms with E-state index in [1.807, 2.05) is 6.92 Å². The smallest absolute Gasteiger partial charge is 0.326 e. The van der Waals surface area contributed by atoms with Gasteiger partial charge in [-0.05, 0) is 48.4 Å². The van der Waals surface area contributed by atoms with Gasteiger partial charge in [0.05, 0.1) is 17.8 Å². The number of ether oxygens (including phenoxy) is 1. The van der Waals surface area contributed by atoms with Crippen LogP contribution in [0.15, 0.2) is 54.6 Å². The maximum atomic E-state index is 13.8. The van der Waals surface area contributed by atoms with E-state index in [2.05, 4.69) is 5.32 Å². The van der Waals surface area contributed by atoms with Gasteiger partial charge in [0.1, 0.15) is 24.0 Å². The second kappa shape index (κ2) is 8.06. The maximum absolute atomic E-state index is 13.8. The minimum absolute atomic E-state index is 0.167. The first-order valence-corrected chi connectivity index (χ1v) is 9.51. The second-order valence-electron chi connectivity index (χ2n) is 7.19. The van der Waals surface area contributed by atoms with Gasteiger partial charge >= 0.3 is 6.03 Å². The number of nitrogens with two attached hydrogens (primary N) is 1. The number of urea groups is 1. The monoisotopic (exact) mass is 423 g/mol. The van der Waals surface area contributed by atoms with E-state index >= 15 is 0 Å². The average Bonchev–Trinajstić information content (AvgIpc) is 2.73. The molecular weight excluding hydrogens is 404 g/mol. The van der Waals surface area contributed by atoms with Gasteiger partial charge in [-0.1, -0.05) is 18.2 Å². The Hall–Kier alpha value is -3.94. The Labute approximate surface area is 177 Å². The highest BCUT2D eigenvalue weighted by molar-refractivity contribution is 6.06. The van der Waals surface area contributed by atoms with Gasteiger partial charge in [-0.3, -0.25) is 9.69 Å². The maximum Gasteiger partial charge on any atom is 0.326 e. The standard InChI is InChI=1S/C23H19F2N3O3/c1-13-5-8-16(31-12-17-18(24)3-2-4-19(17)25)10-21(13)28-11-15-7-6-14(22(26)29)9-20(15)27-23(28)30/h2-10H,11-12H2,1H3,(H2,26,29)(H,27,30). The summed E-state index contributed by atoms with van der Waals surface area (Å²) in [6, 6.07) is 13.2. The average molecular weight is 423 g/mol. The molecule has 4 rings (SSSR count). The van der Waals surface area contributed by atoms with Gasteiger partial charge < -0.3 is 15.8 Å². The Bertz CT molecular complexity index is 1180. The SMILES string of the molecule is Cc1ccc(OCc2c(F)cccc2F)cc1N1Cc2ccc(C(N)=O)cc2NC1=O. The number of hydrogen-bond donors (Lipinski definition) is 2. The number of nitrogens with zero attached hydrogens (tertiary/aromatic N) is 1. The van der Waals surface area contributed by atoms with E-state index in [1.54, 1.807) is 36.4 Å². The van der Waals surface area contributed by atoms with Crippen molar-refractivity contribution in [2.75, 3.05) is 10.2 Å². The highest BCUT2D eigenvalue weighted by atomic mass is 19.1. The number of rotatable bonds is 5. The zero-order chi connectivity index (χ0) is 22.1. The molecule has 0 aliphatic carbocycles. The molecule has 31 heavy (non-hydrogen) atoms. The number of aryl methyl sites for hydroxylation is 1. The summed E-state index contributed by atoms with van der Waals surface area (Å²) in [7, 11) is 0. The molecule has 3 aromatic rings. The van der Waals surface area contributed by atoms with Crippen molar-refractivity contribution in [1.29, 1.82) is 0 Å². The molecule has 158 valence electrons. The summed E-state index contributed by atoms with van der Waals surface area (Å²) in [5.74, 6) is -1.58. The lowest BCUT2D eigenvalue weighted by molar-refractivity contribution is 0.1000. The third kappa shape index (κ3) is 4.05. The highest BCUT2D eigenvalue weighted by Gasteiger charge is 2.26. The lowest BCUT2D eigenvalue weighted by Crippen LogP contribution is -2.39. The Morgan fingerprint density at radius 3 is 2.58 bits per heavy atom. The first-order chi connectivity index (χ1) is 14.8. The van der Waals surface area contributed by atoms with E-state index < -0.39 is 17.5 Å². The number of halogens is 2. The molecule has 6 nitrogen and oxygen atoms in total. The van der Waals surface area contributed by atoms with Crippen LogP contribution in [-0.2, 0) is 13.2 Å². The van der Waals surface area contributed by atoms with Crippen molar-refractivity contribution in [2.24, 2.45) is 5.73 Å². The van der Waals surface area contributed by atoms with Crippen LogP contribution in [0.4, 0.5) is 25.0 Å². The van der Waals surface area contributed by atoms with E-state index in [9.17, 15) is 18.4 Å². The van der Waals surface area contributed by atoms with Gasteiger partial charge in [0, 0.05) is 17.3 Å². The summed E-state index contributed by atoms with van der Waals surface area (Å²) < 4.78 is 33.3. The predicted octanol–water partition coefficient (Wildman–Crippen LogP) is 4.50. The molecule has 0 fully saturated rings. The molecule has 0 radical (unpaired) electrons. The number of amides is 3. The fourth-order valence-electron chi connectivity index (χ4n) is 3.40. The van der Waals surface area contributed by atoms with Crippen molar-refractivity contribution < 1.29 is 23.1 Å². The minimum atomic E-state index is -0.685. The quantitative estimate of drug-likeness (QED) is 0.634. The normalized spacial score (nSPS) is 12.9. The molecule has 1 heterocycles. The number of hydrogen-bond acceptors (Lipinski definition) is 3. The molecular formula is C23H19F2N3O3. The van der Waals surface area contributed by atoms with Crippen molar-refractivity contribution in [2.45, 2.75) is 20.1 Å². The number of primary amides is 1. The first kappa shape index (κ1) is 20.3. The molecule has 0 unspecified atom stereocenters. The second-order valence-corrected chi connectivity index (χ2v) is 7.19. The van der Waals surface area contributed by atoms with Crippen molar-refractivity contribution in [3.8, 4) is 5.75 Å². The van der Waals surface area contributed by atoms with Gasteiger partial charge in [0.2, 0.25) is 5.91 Å². The molecule has 3 amide bonds. The van der Waals surface area contributed by atoms with Crippen LogP contribution in [0.2, 0.25) is 0 Å². The summed E-state index contributed by atoms with van der Waals surface area (Å²) in [6.07, 6.45) is 0. The van der Waals surface area contributed by atoms with Crippen LogP contribution >= 0.6 is 0 Å². The summed E-state index contributed by atoms with van der Waals surface area (Å²) in [5, 5.41) is 2.76. The molecule has 1 aliphatic rings. The number of carbonyl (C=O) groups is 2. The van der Waals surface area contributed by atoms with Crippen molar-refractivity contribution in [3.63, 3.8) is 0 Å². The minimum Gasteiger partial charge on any atom is -0.489 e. The van der Waals surface area contributed by atoms with E-state index in [0.29, 0.717) is 22.7 Å². The fourth-order valence-corrected chi connectivity index (χ4v) is 3.40. The topological polar surface area (TPSA) is 84.7 Å². The fraction of sp³-hybridized carbons (Fsp3) is 0.130. The highest BCUT2D eigenvalue weighted by Crippen LogP contribution is 2.32. The Morgan fingerprint density at radius 1 is 1.13 bits per heavy atom. The van der Waals surface area contributed by atoms with Crippen LogP contribution in [-0.4, -0.2) is 11.9 Å². The molecule has 3 aromatic carbocycles. The zero-order valence-electron chi connectivity index (χ0n) is 16.6. The molecule has 0 saturated carbocycles. The number of fused-ring (bicyclic) bond motifs is 1. The number of nitrogens with one attached hydrogen (secondary N) is 1. The van der Waals surface area contributed by atoms with Gasteiger partial charge in [0.15, 0.2) is 0 Å².